The largest absolute Gasteiger partial charge is 0.497 e. The Bertz CT molecular complexity index is 223. The van der Waals surface area contributed by atoms with E-state index in [1.165, 1.54) is 11.5 Å². The Morgan fingerprint density at radius 2 is 1.75 bits per heavy atom. The highest BCUT2D eigenvalue weighted by molar-refractivity contribution is 5.28. The van der Waals surface area contributed by atoms with Crippen LogP contribution in [0.4, 0.5) is 0 Å². The van der Waals surface area contributed by atoms with Crippen molar-refractivity contribution in [2.75, 3.05) is 7.11 Å². The van der Waals surface area contributed by atoms with Crippen molar-refractivity contribution in [2.45, 2.75) is 20.3 Å². The van der Waals surface area contributed by atoms with E-state index < -0.39 is 0 Å². The van der Waals surface area contributed by atoms with Crippen molar-refractivity contribution in [3.63, 3.8) is 0 Å². The first-order valence-electron chi connectivity index (χ1n) is 4.14. The third kappa shape index (κ3) is 2.57. The molecule has 0 aliphatic heterocycles. The number of hydrogen-bond donors (Lipinski definition) is 0. The first-order chi connectivity index (χ1) is 5.72. The average Bonchev–Trinajstić information content (AvgIpc) is 2.05. The first kappa shape index (κ1) is 9.11. The van der Waals surface area contributed by atoms with Crippen molar-refractivity contribution in [1.82, 2.24) is 0 Å². The number of rotatable bonds is 3. The molecular weight excluding hydrogens is 148 g/mol. The van der Waals surface area contributed by atoms with E-state index in [-0.39, 0.29) is 0 Å². The second-order valence-corrected chi connectivity index (χ2v) is 3.23. The predicted octanol–water partition coefficient (Wildman–Crippen LogP) is 2.85. The van der Waals surface area contributed by atoms with Gasteiger partial charge in [-0.05, 0) is 30.0 Å². The maximum Gasteiger partial charge on any atom is 0.118 e. The standard InChI is InChI=1S/C11H15O/c1-9(2)8-10-4-6-11(12-3)7-5-10/h4-7H,8H2,1-3H3. The summed E-state index contributed by atoms with van der Waals surface area (Å²) in [5.41, 5.74) is 1.34. The molecule has 0 amide bonds. The molecular formula is C11H15O. The van der Waals surface area contributed by atoms with Crippen LogP contribution < -0.4 is 4.74 Å². The fraction of sp³-hybridized carbons (Fsp3) is 0.364. The topological polar surface area (TPSA) is 9.23 Å². The highest BCUT2D eigenvalue weighted by Crippen LogP contribution is 2.14. The summed E-state index contributed by atoms with van der Waals surface area (Å²) in [6.45, 7) is 4.29. The molecule has 12 heavy (non-hydrogen) atoms. The second-order valence-electron chi connectivity index (χ2n) is 3.23. The van der Waals surface area contributed by atoms with Gasteiger partial charge in [0.05, 0.1) is 7.11 Å². The van der Waals surface area contributed by atoms with Gasteiger partial charge in [0.15, 0.2) is 0 Å². The number of benzene rings is 1. The predicted molar refractivity (Wildman–Crippen MR) is 51.3 cm³/mol. The zero-order valence-electron chi connectivity index (χ0n) is 7.92. The Morgan fingerprint density at radius 1 is 1.17 bits per heavy atom. The minimum absolute atomic E-state index is 0.924. The SMILES string of the molecule is COc1ccc(C[C](C)C)cc1. The summed E-state index contributed by atoms with van der Waals surface area (Å²) >= 11 is 0. The van der Waals surface area contributed by atoms with Crippen molar-refractivity contribution in [1.29, 1.82) is 0 Å². The van der Waals surface area contributed by atoms with Gasteiger partial charge in [0, 0.05) is 0 Å². The van der Waals surface area contributed by atoms with Gasteiger partial charge < -0.3 is 4.74 Å². The fourth-order valence-corrected chi connectivity index (χ4v) is 1.15. The molecule has 0 unspecified atom stereocenters. The molecule has 0 saturated carbocycles. The molecule has 0 spiro atoms. The normalized spacial score (nSPS) is 10.3. The summed E-state index contributed by atoms with van der Waals surface area (Å²) in [4.78, 5) is 0. The summed E-state index contributed by atoms with van der Waals surface area (Å²) in [7, 11) is 1.69. The summed E-state index contributed by atoms with van der Waals surface area (Å²) in [5, 5.41) is 0. The van der Waals surface area contributed by atoms with E-state index in [0.717, 1.165) is 12.2 Å². The lowest BCUT2D eigenvalue weighted by atomic mass is 10.0. The van der Waals surface area contributed by atoms with E-state index in [4.69, 9.17) is 4.74 Å². The van der Waals surface area contributed by atoms with Crippen molar-refractivity contribution >= 4 is 0 Å². The van der Waals surface area contributed by atoms with Crippen LogP contribution in [0.25, 0.3) is 0 Å². The molecule has 0 saturated heterocycles. The van der Waals surface area contributed by atoms with E-state index >= 15 is 0 Å². The minimum atomic E-state index is 0.924. The molecule has 0 aromatic heterocycles. The molecule has 0 fully saturated rings. The smallest absolute Gasteiger partial charge is 0.118 e. The molecule has 1 nitrogen and oxygen atoms in total. The highest BCUT2D eigenvalue weighted by Gasteiger charge is 1.97. The van der Waals surface area contributed by atoms with Crippen molar-refractivity contribution in [3.8, 4) is 5.75 Å². The van der Waals surface area contributed by atoms with E-state index in [2.05, 4.69) is 26.0 Å². The monoisotopic (exact) mass is 163 g/mol. The third-order valence-corrected chi connectivity index (χ3v) is 1.72. The maximum absolute atomic E-state index is 5.07. The molecule has 0 atom stereocenters. The van der Waals surface area contributed by atoms with Crippen LogP contribution in [-0.4, -0.2) is 7.11 Å². The van der Waals surface area contributed by atoms with Gasteiger partial charge in [-0.1, -0.05) is 26.0 Å². The Hall–Kier alpha value is -0.980. The lowest BCUT2D eigenvalue weighted by Crippen LogP contribution is -1.91. The Morgan fingerprint density at radius 3 is 2.17 bits per heavy atom. The van der Waals surface area contributed by atoms with Gasteiger partial charge >= 0.3 is 0 Å². The second kappa shape index (κ2) is 4.15. The quantitative estimate of drug-likeness (QED) is 0.665. The van der Waals surface area contributed by atoms with Gasteiger partial charge in [0.2, 0.25) is 0 Å². The molecule has 1 rings (SSSR count). The molecule has 1 aromatic rings. The van der Waals surface area contributed by atoms with Crippen LogP contribution in [0, 0.1) is 5.92 Å². The Balaban J connectivity index is 2.65. The summed E-state index contributed by atoms with van der Waals surface area (Å²) in [6.07, 6.45) is 1.06. The minimum Gasteiger partial charge on any atom is -0.497 e. The van der Waals surface area contributed by atoms with E-state index in [1.807, 2.05) is 12.1 Å². The van der Waals surface area contributed by atoms with Crippen LogP contribution in [0.5, 0.6) is 5.75 Å². The van der Waals surface area contributed by atoms with Gasteiger partial charge in [-0.2, -0.15) is 0 Å². The molecule has 0 bridgehead atoms. The Kier molecular flexibility index (Phi) is 3.15. The molecule has 0 N–H and O–H groups in total. The summed E-state index contributed by atoms with van der Waals surface area (Å²) in [6, 6.07) is 8.20. The van der Waals surface area contributed by atoms with Crippen LogP contribution in [-0.2, 0) is 6.42 Å². The molecule has 0 heterocycles. The van der Waals surface area contributed by atoms with Gasteiger partial charge in [0.1, 0.15) is 5.75 Å². The average molecular weight is 163 g/mol. The molecule has 65 valence electrons. The van der Waals surface area contributed by atoms with Gasteiger partial charge in [-0.25, -0.2) is 0 Å². The van der Waals surface area contributed by atoms with Crippen LogP contribution in [0.15, 0.2) is 24.3 Å². The number of hydrogen-bond acceptors (Lipinski definition) is 1. The van der Waals surface area contributed by atoms with Crippen LogP contribution >= 0.6 is 0 Å². The molecule has 1 heteroatoms. The van der Waals surface area contributed by atoms with E-state index in [0.29, 0.717) is 0 Å². The van der Waals surface area contributed by atoms with Crippen LogP contribution in [0.3, 0.4) is 0 Å². The Labute approximate surface area is 74.4 Å². The van der Waals surface area contributed by atoms with E-state index in [9.17, 15) is 0 Å². The number of ether oxygens (including phenoxy) is 1. The number of methoxy groups -OCH3 is 1. The molecule has 1 radical (unpaired) electrons. The van der Waals surface area contributed by atoms with Crippen LogP contribution in [0.1, 0.15) is 19.4 Å². The zero-order chi connectivity index (χ0) is 8.97. The van der Waals surface area contributed by atoms with Crippen molar-refractivity contribution in [3.05, 3.63) is 35.7 Å². The molecule has 0 aliphatic carbocycles. The zero-order valence-corrected chi connectivity index (χ0v) is 7.92. The summed E-state index contributed by atoms with van der Waals surface area (Å²) < 4.78 is 5.07. The lowest BCUT2D eigenvalue weighted by molar-refractivity contribution is 0.414. The summed E-state index contributed by atoms with van der Waals surface area (Å²) in [5.74, 6) is 2.35. The molecule has 0 aliphatic rings. The van der Waals surface area contributed by atoms with Gasteiger partial charge in [-0.15, -0.1) is 0 Å². The van der Waals surface area contributed by atoms with Crippen molar-refractivity contribution in [2.24, 2.45) is 0 Å². The fourth-order valence-electron chi connectivity index (χ4n) is 1.15. The molecule has 1 aromatic carbocycles. The third-order valence-electron chi connectivity index (χ3n) is 1.72. The first-order valence-corrected chi connectivity index (χ1v) is 4.14. The van der Waals surface area contributed by atoms with E-state index in [1.54, 1.807) is 7.11 Å². The highest BCUT2D eigenvalue weighted by atomic mass is 16.5. The van der Waals surface area contributed by atoms with Crippen LogP contribution in [0.2, 0.25) is 0 Å². The van der Waals surface area contributed by atoms with Gasteiger partial charge in [-0.3, -0.25) is 0 Å². The van der Waals surface area contributed by atoms with Gasteiger partial charge in [0.25, 0.3) is 0 Å². The maximum atomic E-state index is 5.07. The lowest BCUT2D eigenvalue weighted by Gasteiger charge is -2.04. The van der Waals surface area contributed by atoms with Crippen molar-refractivity contribution < 1.29 is 4.74 Å².